The molecule has 0 spiro atoms. The van der Waals surface area contributed by atoms with Crippen LogP contribution >= 0.6 is 0 Å². The monoisotopic (exact) mass is 323 g/mol. The van der Waals surface area contributed by atoms with Gasteiger partial charge in [0.1, 0.15) is 6.04 Å². The van der Waals surface area contributed by atoms with Crippen LogP contribution in [0.1, 0.15) is 29.7 Å². The third-order valence-corrected chi connectivity index (χ3v) is 3.83. The molecule has 0 aliphatic carbocycles. The van der Waals surface area contributed by atoms with Gasteiger partial charge in [0.15, 0.2) is 0 Å². The van der Waals surface area contributed by atoms with Gasteiger partial charge < -0.3 is 5.32 Å². The number of nitrogens with one attached hydrogen (secondary N) is 1. The highest BCUT2D eigenvalue weighted by atomic mass is 16.2. The lowest BCUT2D eigenvalue weighted by Gasteiger charge is -2.11. The molecule has 24 heavy (non-hydrogen) atoms. The molecule has 2 aromatic heterocycles. The topological polar surface area (TPSA) is 64.7 Å². The van der Waals surface area contributed by atoms with Crippen molar-refractivity contribution in [1.82, 2.24) is 19.6 Å². The zero-order valence-electron chi connectivity index (χ0n) is 14.1. The van der Waals surface area contributed by atoms with Crippen LogP contribution in [-0.4, -0.2) is 25.5 Å². The molecule has 0 saturated heterocycles. The van der Waals surface area contributed by atoms with Crippen LogP contribution in [-0.2, 0) is 11.3 Å². The number of anilines is 1. The van der Waals surface area contributed by atoms with E-state index in [1.54, 1.807) is 17.1 Å². The Hall–Kier alpha value is -2.89. The molecule has 1 unspecified atom stereocenters. The van der Waals surface area contributed by atoms with Gasteiger partial charge in [0.05, 0.1) is 24.6 Å². The van der Waals surface area contributed by atoms with Crippen LogP contribution in [0.2, 0.25) is 0 Å². The summed E-state index contributed by atoms with van der Waals surface area (Å²) in [6.07, 6.45) is 7.09. The number of carbonyl (C=O) groups excluding carboxylic acids is 1. The van der Waals surface area contributed by atoms with Crippen molar-refractivity contribution in [3.05, 3.63) is 65.7 Å². The molecule has 1 atom stereocenters. The average Bonchev–Trinajstić information content (AvgIpc) is 3.16. The van der Waals surface area contributed by atoms with Gasteiger partial charge in [-0.3, -0.25) is 14.2 Å². The van der Waals surface area contributed by atoms with E-state index in [-0.39, 0.29) is 11.9 Å². The first-order valence-corrected chi connectivity index (χ1v) is 7.91. The van der Waals surface area contributed by atoms with E-state index in [0.717, 1.165) is 5.56 Å². The molecule has 2 heterocycles. The van der Waals surface area contributed by atoms with Crippen molar-refractivity contribution in [3.63, 3.8) is 0 Å². The molecule has 0 bridgehead atoms. The number of rotatable bonds is 5. The van der Waals surface area contributed by atoms with Crippen molar-refractivity contribution < 1.29 is 4.79 Å². The summed E-state index contributed by atoms with van der Waals surface area (Å²) in [4.78, 5) is 12.3. The van der Waals surface area contributed by atoms with Crippen LogP contribution < -0.4 is 5.32 Å². The van der Waals surface area contributed by atoms with Crippen molar-refractivity contribution in [3.8, 4) is 0 Å². The van der Waals surface area contributed by atoms with Crippen molar-refractivity contribution in [2.24, 2.45) is 0 Å². The molecule has 0 radical (unpaired) electrons. The minimum absolute atomic E-state index is 0.117. The standard InChI is InChI=1S/C18H21N5O/c1-13-5-4-6-16(7-13)11-22-12-17(9-19-22)21-18(24)15(3)23-10-14(2)8-20-23/h4-10,12,15H,11H2,1-3H3,(H,21,24). The van der Waals surface area contributed by atoms with Crippen molar-refractivity contribution in [2.45, 2.75) is 33.4 Å². The van der Waals surface area contributed by atoms with Crippen LogP contribution in [0.4, 0.5) is 5.69 Å². The highest BCUT2D eigenvalue weighted by Crippen LogP contribution is 2.13. The fraction of sp³-hybridized carbons (Fsp3) is 0.278. The van der Waals surface area contributed by atoms with Gasteiger partial charge in [-0.2, -0.15) is 10.2 Å². The van der Waals surface area contributed by atoms with E-state index in [2.05, 4.69) is 40.6 Å². The molecule has 0 aliphatic heterocycles. The smallest absolute Gasteiger partial charge is 0.249 e. The maximum absolute atomic E-state index is 12.3. The van der Waals surface area contributed by atoms with Gasteiger partial charge in [-0.25, -0.2) is 0 Å². The molecule has 6 nitrogen and oxygen atoms in total. The van der Waals surface area contributed by atoms with E-state index in [0.29, 0.717) is 12.2 Å². The van der Waals surface area contributed by atoms with Crippen molar-refractivity contribution >= 4 is 11.6 Å². The minimum atomic E-state index is -0.376. The molecule has 1 aromatic carbocycles. The maximum atomic E-state index is 12.3. The molecule has 124 valence electrons. The lowest BCUT2D eigenvalue weighted by molar-refractivity contribution is -0.119. The van der Waals surface area contributed by atoms with E-state index >= 15 is 0 Å². The van der Waals surface area contributed by atoms with Crippen LogP contribution in [0, 0.1) is 13.8 Å². The Morgan fingerprint density at radius 1 is 1.17 bits per heavy atom. The number of aryl methyl sites for hydroxylation is 2. The van der Waals surface area contributed by atoms with Gasteiger partial charge in [0.2, 0.25) is 5.91 Å². The molecule has 1 amide bonds. The molecule has 1 N–H and O–H groups in total. The minimum Gasteiger partial charge on any atom is -0.322 e. The zero-order chi connectivity index (χ0) is 17.1. The number of benzene rings is 1. The van der Waals surface area contributed by atoms with Crippen molar-refractivity contribution in [1.29, 1.82) is 0 Å². The predicted molar refractivity (Wildman–Crippen MR) is 92.8 cm³/mol. The van der Waals surface area contributed by atoms with Crippen LogP contribution in [0.5, 0.6) is 0 Å². The number of carbonyl (C=O) groups is 1. The second-order valence-corrected chi connectivity index (χ2v) is 6.08. The van der Waals surface area contributed by atoms with E-state index in [1.165, 1.54) is 11.1 Å². The number of aromatic nitrogens is 4. The second-order valence-electron chi connectivity index (χ2n) is 6.08. The zero-order valence-corrected chi connectivity index (χ0v) is 14.1. The van der Waals surface area contributed by atoms with E-state index in [1.807, 2.05) is 37.0 Å². The average molecular weight is 323 g/mol. The van der Waals surface area contributed by atoms with E-state index in [9.17, 15) is 4.79 Å². The number of hydrogen-bond donors (Lipinski definition) is 1. The summed E-state index contributed by atoms with van der Waals surface area (Å²) < 4.78 is 3.47. The van der Waals surface area contributed by atoms with Gasteiger partial charge in [-0.1, -0.05) is 29.8 Å². The fourth-order valence-corrected chi connectivity index (χ4v) is 2.52. The maximum Gasteiger partial charge on any atom is 0.249 e. The Morgan fingerprint density at radius 3 is 2.71 bits per heavy atom. The lowest BCUT2D eigenvalue weighted by atomic mass is 10.1. The summed E-state index contributed by atoms with van der Waals surface area (Å²) in [5.74, 6) is -0.117. The van der Waals surface area contributed by atoms with Gasteiger partial charge in [0.25, 0.3) is 0 Å². The van der Waals surface area contributed by atoms with Crippen LogP contribution in [0.3, 0.4) is 0 Å². The third kappa shape index (κ3) is 3.71. The molecule has 0 fully saturated rings. The summed E-state index contributed by atoms with van der Waals surface area (Å²) in [5, 5.41) is 11.4. The quantitative estimate of drug-likeness (QED) is 0.785. The second kappa shape index (κ2) is 6.70. The molecule has 0 saturated carbocycles. The third-order valence-electron chi connectivity index (χ3n) is 3.83. The van der Waals surface area contributed by atoms with Crippen molar-refractivity contribution in [2.75, 3.05) is 5.32 Å². The normalized spacial score (nSPS) is 12.1. The molecule has 6 heteroatoms. The molecular weight excluding hydrogens is 302 g/mol. The Morgan fingerprint density at radius 2 is 2.00 bits per heavy atom. The highest BCUT2D eigenvalue weighted by molar-refractivity contribution is 5.93. The highest BCUT2D eigenvalue weighted by Gasteiger charge is 2.16. The Labute approximate surface area is 141 Å². The van der Waals surface area contributed by atoms with Gasteiger partial charge in [0, 0.05) is 12.4 Å². The van der Waals surface area contributed by atoms with E-state index < -0.39 is 0 Å². The fourth-order valence-electron chi connectivity index (χ4n) is 2.52. The first-order valence-electron chi connectivity index (χ1n) is 7.91. The number of amides is 1. The van der Waals surface area contributed by atoms with Gasteiger partial charge >= 0.3 is 0 Å². The molecule has 3 rings (SSSR count). The SMILES string of the molecule is Cc1cccc(Cn2cc(NC(=O)C(C)n3cc(C)cn3)cn2)c1. The first kappa shape index (κ1) is 16.0. The Balaban J connectivity index is 1.64. The Bertz CT molecular complexity index is 848. The van der Waals surface area contributed by atoms with Crippen LogP contribution in [0.15, 0.2) is 49.1 Å². The van der Waals surface area contributed by atoms with Gasteiger partial charge in [-0.15, -0.1) is 0 Å². The summed E-state index contributed by atoms with van der Waals surface area (Å²) in [6.45, 7) is 6.50. The number of hydrogen-bond acceptors (Lipinski definition) is 3. The molecular formula is C18H21N5O. The molecule has 0 aliphatic rings. The predicted octanol–water partition coefficient (Wildman–Crippen LogP) is 2.94. The first-order chi connectivity index (χ1) is 11.5. The largest absolute Gasteiger partial charge is 0.322 e. The van der Waals surface area contributed by atoms with Crippen LogP contribution in [0.25, 0.3) is 0 Å². The summed E-state index contributed by atoms with van der Waals surface area (Å²) in [5.41, 5.74) is 4.11. The lowest BCUT2D eigenvalue weighted by Crippen LogP contribution is -2.23. The summed E-state index contributed by atoms with van der Waals surface area (Å²) >= 11 is 0. The van der Waals surface area contributed by atoms with Gasteiger partial charge in [-0.05, 0) is 31.9 Å². The summed E-state index contributed by atoms with van der Waals surface area (Å²) in [6, 6.07) is 7.91. The van der Waals surface area contributed by atoms with E-state index in [4.69, 9.17) is 0 Å². The Kier molecular flexibility index (Phi) is 4.46. The number of nitrogens with zero attached hydrogens (tertiary/aromatic N) is 4. The summed E-state index contributed by atoms with van der Waals surface area (Å²) in [7, 11) is 0. The molecule has 3 aromatic rings.